The van der Waals surface area contributed by atoms with Crippen molar-refractivity contribution in [3.05, 3.63) is 47.3 Å². The van der Waals surface area contributed by atoms with Crippen molar-refractivity contribution < 1.29 is 19.1 Å². The van der Waals surface area contributed by atoms with Gasteiger partial charge in [-0.3, -0.25) is 4.79 Å². The van der Waals surface area contributed by atoms with E-state index in [0.29, 0.717) is 11.3 Å². The second-order valence-electron chi connectivity index (χ2n) is 5.19. The molecule has 1 amide bonds. The SMILES string of the molecule is Cc1nn(-c2ccccc2)c(C)c1CC(=O)NC(CF)C(=O)O. The zero-order valence-corrected chi connectivity index (χ0v) is 12.9. The second-order valence-corrected chi connectivity index (χ2v) is 5.19. The summed E-state index contributed by atoms with van der Waals surface area (Å²) in [5.74, 6) is -1.94. The normalized spacial score (nSPS) is 12.0. The third kappa shape index (κ3) is 3.74. The van der Waals surface area contributed by atoms with E-state index in [2.05, 4.69) is 10.4 Å². The largest absolute Gasteiger partial charge is 0.480 e. The number of aromatic nitrogens is 2. The van der Waals surface area contributed by atoms with Crippen molar-refractivity contribution in [2.24, 2.45) is 0 Å². The Hall–Kier alpha value is -2.70. The van der Waals surface area contributed by atoms with Crippen molar-refractivity contribution >= 4 is 11.9 Å². The van der Waals surface area contributed by atoms with Crippen molar-refractivity contribution in [2.45, 2.75) is 26.3 Å². The molecule has 1 aromatic heterocycles. The summed E-state index contributed by atoms with van der Waals surface area (Å²) >= 11 is 0. The third-order valence-electron chi connectivity index (χ3n) is 3.57. The van der Waals surface area contributed by atoms with E-state index in [1.54, 1.807) is 11.6 Å². The molecule has 1 heterocycles. The van der Waals surface area contributed by atoms with Crippen LogP contribution in [0.25, 0.3) is 5.69 Å². The molecular formula is C16H18FN3O3. The number of nitrogens with zero attached hydrogens (tertiary/aromatic N) is 2. The second kappa shape index (κ2) is 7.04. The average Bonchev–Trinajstić information content (AvgIpc) is 2.81. The number of nitrogens with one attached hydrogen (secondary N) is 1. The van der Waals surface area contributed by atoms with Crippen LogP contribution in [0.3, 0.4) is 0 Å². The van der Waals surface area contributed by atoms with Crippen LogP contribution >= 0.6 is 0 Å². The molecule has 2 N–H and O–H groups in total. The number of aryl methyl sites for hydroxylation is 1. The minimum atomic E-state index is -1.52. The molecule has 6 nitrogen and oxygen atoms in total. The van der Waals surface area contributed by atoms with Gasteiger partial charge in [-0.25, -0.2) is 13.9 Å². The van der Waals surface area contributed by atoms with Gasteiger partial charge in [0.05, 0.1) is 17.8 Å². The summed E-state index contributed by atoms with van der Waals surface area (Å²) in [6, 6.07) is 7.94. The van der Waals surface area contributed by atoms with Gasteiger partial charge in [0.15, 0.2) is 6.04 Å². The highest BCUT2D eigenvalue weighted by atomic mass is 19.1. The maximum absolute atomic E-state index is 12.6. The van der Waals surface area contributed by atoms with Gasteiger partial charge in [0.25, 0.3) is 0 Å². The van der Waals surface area contributed by atoms with Gasteiger partial charge >= 0.3 is 5.97 Å². The Balaban J connectivity index is 2.20. The fraction of sp³-hybridized carbons (Fsp3) is 0.312. The van der Waals surface area contributed by atoms with Gasteiger partial charge in [-0.1, -0.05) is 18.2 Å². The van der Waals surface area contributed by atoms with E-state index in [9.17, 15) is 14.0 Å². The topological polar surface area (TPSA) is 84.2 Å². The Bertz CT molecular complexity index is 713. The number of carbonyl (C=O) groups is 2. The molecule has 1 atom stereocenters. The highest BCUT2D eigenvalue weighted by Crippen LogP contribution is 2.18. The van der Waals surface area contributed by atoms with Crippen molar-refractivity contribution in [2.75, 3.05) is 6.67 Å². The van der Waals surface area contributed by atoms with Crippen LogP contribution in [0, 0.1) is 13.8 Å². The van der Waals surface area contributed by atoms with Crippen molar-refractivity contribution in [3.63, 3.8) is 0 Å². The monoisotopic (exact) mass is 319 g/mol. The maximum atomic E-state index is 12.6. The van der Waals surface area contributed by atoms with Crippen LogP contribution in [-0.4, -0.2) is 39.5 Å². The number of rotatable bonds is 6. The fourth-order valence-corrected chi connectivity index (χ4v) is 2.32. The number of halogens is 1. The average molecular weight is 319 g/mol. The van der Waals surface area contributed by atoms with Gasteiger partial charge in [0.2, 0.25) is 5.91 Å². The van der Waals surface area contributed by atoms with Crippen LogP contribution < -0.4 is 5.32 Å². The summed E-state index contributed by atoms with van der Waals surface area (Å²) in [5.41, 5.74) is 3.03. The van der Waals surface area contributed by atoms with E-state index in [-0.39, 0.29) is 6.42 Å². The first-order valence-corrected chi connectivity index (χ1v) is 7.12. The number of para-hydroxylation sites is 1. The number of carboxylic acid groups (broad SMARTS) is 1. The van der Waals surface area contributed by atoms with Crippen molar-refractivity contribution in [1.82, 2.24) is 15.1 Å². The summed E-state index contributed by atoms with van der Waals surface area (Å²) in [6.45, 7) is 2.46. The number of carbonyl (C=O) groups excluding carboxylic acids is 1. The third-order valence-corrected chi connectivity index (χ3v) is 3.57. The van der Waals surface area contributed by atoms with Crippen LogP contribution in [0.5, 0.6) is 0 Å². The van der Waals surface area contributed by atoms with Gasteiger partial charge in [-0.05, 0) is 26.0 Å². The predicted molar refractivity (Wildman–Crippen MR) is 82.3 cm³/mol. The maximum Gasteiger partial charge on any atom is 0.328 e. The standard InChI is InChI=1S/C16H18FN3O3/c1-10-13(8-15(21)18-14(9-17)16(22)23)11(2)20(19-10)12-6-4-3-5-7-12/h3-7,14H,8-9H2,1-2H3,(H,18,21)(H,22,23). The molecule has 2 rings (SSSR count). The number of amides is 1. The molecule has 122 valence electrons. The Morgan fingerprint density at radius 3 is 2.52 bits per heavy atom. The zero-order chi connectivity index (χ0) is 17.0. The quantitative estimate of drug-likeness (QED) is 0.846. The lowest BCUT2D eigenvalue weighted by Gasteiger charge is -2.11. The molecule has 7 heteroatoms. The van der Waals surface area contributed by atoms with Crippen LogP contribution in [0.4, 0.5) is 4.39 Å². The zero-order valence-electron chi connectivity index (χ0n) is 12.9. The van der Waals surface area contributed by atoms with Crippen molar-refractivity contribution in [3.8, 4) is 5.69 Å². The lowest BCUT2D eigenvalue weighted by atomic mass is 10.1. The molecule has 0 radical (unpaired) electrons. The van der Waals surface area contributed by atoms with E-state index in [0.717, 1.165) is 11.4 Å². The first kappa shape index (κ1) is 16.7. The smallest absolute Gasteiger partial charge is 0.328 e. The first-order valence-electron chi connectivity index (χ1n) is 7.12. The number of aliphatic carboxylic acids is 1. The number of hydrogen-bond acceptors (Lipinski definition) is 3. The molecule has 0 saturated heterocycles. The molecule has 1 unspecified atom stereocenters. The fourth-order valence-electron chi connectivity index (χ4n) is 2.32. The molecule has 0 fully saturated rings. The molecule has 1 aromatic carbocycles. The van der Waals surface area contributed by atoms with Gasteiger partial charge in [-0.2, -0.15) is 5.10 Å². The lowest BCUT2D eigenvalue weighted by Crippen LogP contribution is -2.43. The van der Waals surface area contributed by atoms with Crippen LogP contribution in [-0.2, 0) is 16.0 Å². The van der Waals surface area contributed by atoms with Crippen LogP contribution in [0.2, 0.25) is 0 Å². The predicted octanol–water partition coefficient (Wildman–Crippen LogP) is 1.57. The molecular weight excluding hydrogens is 301 g/mol. The lowest BCUT2D eigenvalue weighted by molar-refractivity contribution is -0.142. The van der Waals surface area contributed by atoms with E-state index >= 15 is 0 Å². The molecule has 0 aliphatic rings. The van der Waals surface area contributed by atoms with Gasteiger partial charge in [0.1, 0.15) is 6.67 Å². The summed E-state index contributed by atoms with van der Waals surface area (Å²) in [5, 5.41) is 15.4. The molecule has 0 spiro atoms. The molecule has 2 aromatic rings. The van der Waals surface area contributed by atoms with Gasteiger partial charge in [0, 0.05) is 11.3 Å². The number of hydrogen-bond donors (Lipinski definition) is 2. The Kier molecular flexibility index (Phi) is 5.10. The minimum Gasteiger partial charge on any atom is -0.480 e. The molecule has 0 saturated carbocycles. The Morgan fingerprint density at radius 2 is 1.96 bits per heavy atom. The van der Waals surface area contributed by atoms with Gasteiger partial charge in [-0.15, -0.1) is 0 Å². The summed E-state index contributed by atoms with van der Waals surface area (Å²) in [4.78, 5) is 22.7. The molecule has 0 aliphatic carbocycles. The van der Waals surface area contributed by atoms with Crippen LogP contribution in [0.1, 0.15) is 17.0 Å². The summed E-state index contributed by atoms with van der Waals surface area (Å²) < 4.78 is 14.3. The van der Waals surface area contributed by atoms with Crippen molar-refractivity contribution in [1.29, 1.82) is 0 Å². The Morgan fingerprint density at radius 1 is 1.30 bits per heavy atom. The molecule has 0 bridgehead atoms. The number of carboxylic acids is 1. The van der Waals surface area contributed by atoms with E-state index < -0.39 is 24.6 Å². The van der Waals surface area contributed by atoms with E-state index in [4.69, 9.17) is 5.11 Å². The highest BCUT2D eigenvalue weighted by molar-refractivity contribution is 5.85. The summed E-state index contributed by atoms with van der Waals surface area (Å²) in [7, 11) is 0. The van der Waals surface area contributed by atoms with Crippen LogP contribution in [0.15, 0.2) is 30.3 Å². The van der Waals surface area contributed by atoms with Gasteiger partial charge < -0.3 is 10.4 Å². The Labute approximate surface area is 132 Å². The molecule has 0 aliphatic heterocycles. The minimum absolute atomic E-state index is 0.0473. The van der Waals surface area contributed by atoms with E-state index in [1.165, 1.54) is 0 Å². The number of alkyl halides is 1. The number of benzene rings is 1. The van der Waals surface area contributed by atoms with E-state index in [1.807, 2.05) is 37.3 Å². The molecule has 23 heavy (non-hydrogen) atoms. The highest BCUT2D eigenvalue weighted by Gasteiger charge is 2.22. The first-order chi connectivity index (χ1) is 10.9. The summed E-state index contributed by atoms with van der Waals surface area (Å²) in [6.07, 6.45) is -0.0473.